The maximum atomic E-state index is 13.4. The highest BCUT2D eigenvalue weighted by molar-refractivity contribution is 6.11. The first-order valence-electron chi connectivity index (χ1n) is 10.9. The van der Waals surface area contributed by atoms with Crippen LogP contribution in [0.1, 0.15) is 16.1 Å². The summed E-state index contributed by atoms with van der Waals surface area (Å²) in [6, 6.07) is 18.6. The van der Waals surface area contributed by atoms with Gasteiger partial charge in [0.15, 0.2) is 0 Å². The van der Waals surface area contributed by atoms with Crippen molar-refractivity contribution in [2.45, 2.75) is 6.42 Å². The van der Waals surface area contributed by atoms with E-state index in [9.17, 15) is 9.59 Å². The molecule has 1 saturated heterocycles. The summed E-state index contributed by atoms with van der Waals surface area (Å²) in [5, 5.41) is 3.63. The van der Waals surface area contributed by atoms with E-state index in [1.807, 2.05) is 53.4 Å². The van der Waals surface area contributed by atoms with E-state index in [1.54, 1.807) is 29.4 Å². The molecule has 1 N–H and O–H groups in total. The number of hydrogen-bond acceptors (Lipinski definition) is 6. The molecule has 0 unspecified atom stereocenters. The van der Waals surface area contributed by atoms with Crippen LogP contribution in [0.5, 0.6) is 0 Å². The molecule has 8 nitrogen and oxygen atoms in total. The maximum absolute atomic E-state index is 13.4. The van der Waals surface area contributed by atoms with Crippen molar-refractivity contribution in [1.29, 1.82) is 0 Å². The second-order valence-electron chi connectivity index (χ2n) is 7.84. The number of carbonyl (C=O) groups is 2. The van der Waals surface area contributed by atoms with Crippen molar-refractivity contribution < 1.29 is 14.0 Å². The minimum atomic E-state index is -0.241. The molecule has 1 aliphatic rings. The van der Waals surface area contributed by atoms with Crippen LogP contribution in [-0.2, 0) is 11.2 Å². The number of fused-ring (bicyclic) bond motifs is 1. The van der Waals surface area contributed by atoms with Crippen molar-refractivity contribution in [3.8, 4) is 0 Å². The molecule has 0 spiro atoms. The van der Waals surface area contributed by atoms with Crippen molar-refractivity contribution >= 4 is 34.4 Å². The van der Waals surface area contributed by atoms with E-state index in [-0.39, 0.29) is 24.0 Å². The van der Waals surface area contributed by atoms with E-state index in [1.165, 1.54) is 0 Å². The number of aromatic nitrogens is 2. The largest absolute Gasteiger partial charge is 0.449 e. The molecule has 0 aliphatic carbocycles. The summed E-state index contributed by atoms with van der Waals surface area (Å²) >= 11 is 0. The van der Waals surface area contributed by atoms with Crippen LogP contribution in [0.15, 0.2) is 77.5 Å². The second-order valence-corrected chi connectivity index (χ2v) is 7.84. The topological polar surface area (TPSA) is 91.6 Å². The summed E-state index contributed by atoms with van der Waals surface area (Å²) in [4.78, 5) is 38.5. The average molecular weight is 441 g/mol. The van der Waals surface area contributed by atoms with Crippen molar-refractivity contribution in [3.63, 3.8) is 0 Å². The Labute approximate surface area is 190 Å². The Balaban J connectivity index is 1.35. The molecule has 2 amide bonds. The molecule has 1 fully saturated rings. The molecule has 0 radical (unpaired) electrons. The Kier molecular flexibility index (Phi) is 5.72. The van der Waals surface area contributed by atoms with Gasteiger partial charge in [-0.25, -0.2) is 9.97 Å². The lowest BCUT2D eigenvalue weighted by Crippen LogP contribution is -2.49. The number of benzene rings is 2. The van der Waals surface area contributed by atoms with Gasteiger partial charge in [0.25, 0.3) is 5.91 Å². The summed E-state index contributed by atoms with van der Waals surface area (Å²) in [6.07, 6.45) is 3.63. The lowest BCUT2D eigenvalue weighted by atomic mass is 10.1. The minimum absolute atomic E-state index is 0.155. The third-order valence-electron chi connectivity index (χ3n) is 5.66. The van der Waals surface area contributed by atoms with Crippen LogP contribution in [0.3, 0.4) is 0 Å². The number of anilines is 2. The normalized spacial score (nSPS) is 13.8. The molecular formula is C25H23N5O3. The SMILES string of the molecule is O=C(Cc1ccccc1)Nc1c(C(=O)N2CCN(c3ncccn3)CC2)oc2ccccc12. The number of para-hydroxylation sites is 1. The van der Waals surface area contributed by atoms with Crippen molar-refractivity contribution in [1.82, 2.24) is 14.9 Å². The molecule has 33 heavy (non-hydrogen) atoms. The molecule has 4 aromatic rings. The monoisotopic (exact) mass is 441 g/mol. The van der Waals surface area contributed by atoms with E-state index in [0.717, 1.165) is 5.56 Å². The Morgan fingerprint density at radius 2 is 1.58 bits per heavy atom. The maximum Gasteiger partial charge on any atom is 0.291 e. The molecular weight excluding hydrogens is 418 g/mol. The van der Waals surface area contributed by atoms with Gasteiger partial charge >= 0.3 is 0 Å². The minimum Gasteiger partial charge on any atom is -0.449 e. The lowest BCUT2D eigenvalue weighted by Gasteiger charge is -2.34. The van der Waals surface area contributed by atoms with Gasteiger partial charge < -0.3 is 19.5 Å². The number of rotatable bonds is 5. The Morgan fingerprint density at radius 3 is 2.33 bits per heavy atom. The predicted octanol–water partition coefficient (Wildman–Crippen LogP) is 3.37. The Morgan fingerprint density at radius 1 is 0.879 bits per heavy atom. The van der Waals surface area contributed by atoms with E-state index in [4.69, 9.17) is 4.42 Å². The van der Waals surface area contributed by atoms with Crippen molar-refractivity contribution in [2.75, 3.05) is 36.4 Å². The van der Waals surface area contributed by atoms with Gasteiger partial charge in [-0.3, -0.25) is 9.59 Å². The van der Waals surface area contributed by atoms with E-state index in [0.29, 0.717) is 48.8 Å². The Hall–Kier alpha value is -4.20. The molecule has 0 bridgehead atoms. The lowest BCUT2D eigenvalue weighted by molar-refractivity contribution is -0.115. The van der Waals surface area contributed by atoms with Crippen LogP contribution in [0.4, 0.5) is 11.6 Å². The van der Waals surface area contributed by atoms with Gasteiger partial charge in [-0.2, -0.15) is 0 Å². The van der Waals surface area contributed by atoms with Gasteiger partial charge in [-0.1, -0.05) is 42.5 Å². The summed E-state index contributed by atoms with van der Waals surface area (Å²) in [5.41, 5.74) is 1.88. The fourth-order valence-corrected chi connectivity index (χ4v) is 3.99. The summed E-state index contributed by atoms with van der Waals surface area (Å²) in [6.45, 7) is 2.24. The number of furan rings is 1. The average Bonchev–Trinajstić information content (AvgIpc) is 3.23. The van der Waals surface area contributed by atoms with Crippen molar-refractivity contribution in [2.24, 2.45) is 0 Å². The molecule has 166 valence electrons. The van der Waals surface area contributed by atoms with Gasteiger partial charge in [0.05, 0.1) is 6.42 Å². The molecule has 8 heteroatoms. The van der Waals surface area contributed by atoms with E-state index in [2.05, 4.69) is 15.3 Å². The summed E-state index contributed by atoms with van der Waals surface area (Å²) in [7, 11) is 0. The molecule has 2 aromatic carbocycles. The van der Waals surface area contributed by atoms with Crippen LogP contribution in [0, 0.1) is 0 Å². The second kappa shape index (κ2) is 9.12. The number of nitrogens with one attached hydrogen (secondary N) is 1. The quantitative estimate of drug-likeness (QED) is 0.511. The van der Waals surface area contributed by atoms with Crippen LogP contribution in [0.25, 0.3) is 11.0 Å². The zero-order chi connectivity index (χ0) is 22.6. The highest BCUT2D eigenvalue weighted by Crippen LogP contribution is 2.32. The number of nitrogens with zero attached hydrogens (tertiary/aromatic N) is 4. The number of amides is 2. The van der Waals surface area contributed by atoms with E-state index < -0.39 is 0 Å². The zero-order valence-corrected chi connectivity index (χ0v) is 18.0. The molecule has 5 rings (SSSR count). The fourth-order valence-electron chi connectivity index (χ4n) is 3.99. The smallest absolute Gasteiger partial charge is 0.291 e. The highest BCUT2D eigenvalue weighted by Gasteiger charge is 2.29. The van der Waals surface area contributed by atoms with Gasteiger partial charge in [-0.05, 0) is 23.8 Å². The van der Waals surface area contributed by atoms with Crippen molar-refractivity contribution in [3.05, 3.63) is 84.4 Å². The molecule has 1 aliphatic heterocycles. The first-order chi connectivity index (χ1) is 16.2. The van der Waals surface area contributed by atoms with Gasteiger partial charge in [0.1, 0.15) is 11.3 Å². The van der Waals surface area contributed by atoms with Crippen LogP contribution in [0.2, 0.25) is 0 Å². The highest BCUT2D eigenvalue weighted by atomic mass is 16.3. The third-order valence-corrected chi connectivity index (χ3v) is 5.66. The predicted molar refractivity (Wildman–Crippen MR) is 125 cm³/mol. The van der Waals surface area contributed by atoms with Crippen LogP contribution < -0.4 is 10.2 Å². The van der Waals surface area contributed by atoms with Crippen LogP contribution >= 0.6 is 0 Å². The number of carbonyl (C=O) groups excluding carboxylic acids is 2. The standard InChI is InChI=1S/C25H23N5O3/c31-21(17-18-7-2-1-3-8-18)28-22-19-9-4-5-10-20(19)33-23(22)24(32)29-13-15-30(16-14-29)25-26-11-6-12-27-25/h1-12H,13-17H2,(H,28,31). The summed E-state index contributed by atoms with van der Waals surface area (Å²) in [5.74, 6) is 0.368. The number of hydrogen-bond donors (Lipinski definition) is 1. The first-order valence-corrected chi connectivity index (χ1v) is 10.9. The van der Waals surface area contributed by atoms with Gasteiger partial charge in [0, 0.05) is 44.0 Å². The number of piperazine rings is 1. The Bertz CT molecular complexity index is 1270. The zero-order valence-electron chi connectivity index (χ0n) is 18.0. The summed E-state index contributed by atoms with van der Waals surface area (Å²) < 4.78 is 5.93. The molecule has 0 atom stereocenters. The van der Waals surface area contributed by atoms with Crippen LogP contribution in [-0.4, -0.2) is 52.9 Å². The van der Waals surface area contributed by atoms with Gasteiger partial charge in [0.2, 0.25) is 17.6 Å². The third kappa shape index (κ3) is 4.41. The van der Waals surface area contributed by atoms with E-state index >= 15 is 0 Å². The molecule has 2 aromatic heterocycles. The van der Waals surface area contributed by atoms with Gasteiger partial charge in [-0.15, -0.1) is 0 Å². The molecule has 3 heterocycles. The fraction of sp³-hybridized carbons (Fsp3) is 0.200. The first kappa shape index (κ1) is 20.7. The molecule has 0 saturated carbocycles.